The van der Waals surface area contributed by atoms with E-state index in [4.69, 9.17) is 15.0 Å². The molecule has 0 atom stereocenters. The minimum atomic E-state index is -4.54. The number of rotatable bonds is 6. The Bertz CT molecular complexity index is 3350. The molecule has 11 rings (SSSR count). The maximum atomic E-state index is 14.4. The van der Waals surface area contributed by atoms with Crippen LogP contribution in [0.4, 0.5) is 13.2 Å². The average molecular weight is 784 g/mol. The van der Waals surface area contributed by atoms with E-state index in [-0.39, 0.29) is 0 Å². The zero-order chi connectivity index (χ0) is 40.4. The van der Waals surface area contributed by atoms with Crippen molar-refractivity contribution in [3.05, 3.63) is 200 Å². The quantitative estimate of drug-likeness (QED) is 0.169. The lowest BCUT2D eigenvalue weighted by molar-refractivity contribution is -0.137. The van der Waals surface area contributed by atoms with Gasteiger partial charge in [0.25, 0.3) is 0 Å². The number of para-hydroxylation sites is 3. The van der Waals surface area contributed by atoms with Gasteiger partial charge in [0.2, 0.25) is 0 Å². The number of halogens is 3. The Morgan fingerprint density at radius 2 is 0.833 bits per heavy atom. The first-order valence-electron chi connectivity index (χ1n) is 19.6. The molecule has 0 saturated heterocycles. The van der Waals surface area contributed by atoms with E-state index in [9.17, 15) is 13.2 Å². The average Bonchev–Trinajstić information content (AvgIpc) is 3.80. The summed E-state index contributed by atoms with van der Waals surface area (Å²) in [5, 5.41) is 4.21. The Labute approximate surface area is 342 Å². The van der Waals surface area contributed by atoms with E-state index < -0.39 is 11.7 Å². The van der Waals surface area contributed by atoms with Crippen molar-refractivity contribution in [1.82, 2.24) is 24.1 Å². The van der Waals surface area contributed by atoms with Gasteiger partial charge in [0.05, 0.1) is 33.3 Å². The highest BCUT2D eigenvalue weighted by Gasteiger charge is 2.31. The number of fused-ring (bicyclic) bond motifs is 6. The van der Waals surface area contributed by atoms with Gasteiger partial charge in [0.1, 0.15) is 0 Å². The second kappa shape index (κ2) is 13.9. The van der Waals surface area contributed by atoms with Crippen LogP contribution in [0, 0.1) is 0 Å². The Balaban J connectivity index is 1.20. The predicted molar refractivity (Wildman–Crippen MR) is 235 cm³/mol. The summed E-state index contributed by atoms with van der Waals surface area (Å²) in [6, 6.07) is 62.1. The Kier molecular flexibility index (Phi) is 8.20. The SMILES string of the molecule is FC(F)(F)c1cccc(-c2cc(-c3nc(-c4ccccc4)nc(-c4ccccc4)n3)ccc2-n2c3ccccc3c3cc4c(cc32)c2ccccc2n4-c2ccccc2)c1. The fourth-order valence-corrected chi connectivity index (χ4v) is 8.45. The Hall–Kier alpha value is -7.84. The third-order valence-electron chi connectivity index (χ3n) is 11.2. The van der Waals surface area contributed by atoms with Gasteiger partial charge in [-0.2, -0.15) is 13.2 Å². The van der Waals surface area contributed by atoms with Crippen molar-refractivity contribution >= 4 is 43.6 Å². The number of hydrogen-bond donors (Lipinski definition) is 0. The molecule has 3 heterocycles. The molecule has 0 unspecified atom stereocenters. The van der Waals surface area contributed by atoms with Gasteiger partial charge in [-0.25, -0.2) is 15.0 Å². The number of nitrogens with zero attached hydrogens (tertiary/aromatic N) is 5. The lowest BCUT2D eigenvalue weighted by atomic mass is 9.98. The van der Waals surface area contributed by atoms with Crippen LogP contribution >= 0.6 is 0 Å². The molecule has 0 N–H and O–H groups in total. The number of hydrogen-bond acceptors (Lipinski definition) is 3. The Morgan fingerprint density at radius 1 is 0.350 bits per heavy atom. The molecule has 3 aromatic heterocycles. The summed E-state index contributed by atoms with van der Waals surface area (Å²) in [7, 11) is 0. The molecule has 0 aliphatic carbocycles. The second-order valence-corrected chi connectivity index (χ2v) is 14.8. The Morgan fingerprint density at radius 3 is 1.42 bits per heavy atom. The maximum absolute atomic E-state index is 14.4. The van der Waals surface area contributed by atoms with E-state index in [0.717, 1.165) is 72.2 Å². The largest absolute Gasteiger partial charge is 0.416 e. The first-order chi connectivity index (χ1) is 29.4. The van der Waals surface area contributed by atoms with Crippen molar-refractivity contribution in [2.75, 3.05) is 0 Å². The standard InChI is InChI=1S/C52H32F3N5/c53-52(54,55)37-20-14-19-35(29-37)41-30-36(51-57-49(33-15-4-1-5-16-33)56-50(58-51)34-17-6-2-7-18-34)27-28-46(41)60-45-26-13-11-24-40(45)43-31-47-42(32-48(43)60)39-23-10-12-25-44(39)59(47)38-21-8-3-9-22-38/h1-32H. The summed E-state index contributed by atoms with van der Waals surface area (Å²) in [5.41, 5.74) is 8.32. The first-order valence-corrected chi connectivity index (χ1v) is 19.6. The first kappa shape index (κ1) is 35.3. The molecule has 60 heavy (non-hydrogen) atoms. The van der Waals surface area contributed by atoms with Crippen molar-refractivity contribution in [1.29, 1.82) is 0 Å². The van der Waals surface area contributed by atoms with Gasteiger partial charge in [-0.05, 0) is 72.3 Å². The summed E-state index contributed by atoms with van der Waals surface area (Å²) in [4.78, 5) is 14.8. The molecule has 5 nitrogen and oxygen atoms in total. The number of aromatic nitrogens is 5. The van der Waals surface area contributed by atoms with Crippen LogP contribution < -0.4 is 0 Å². The third kappa shape index (κ3) is 5.91. The molecular formula is C52H32F3N5. The smallest absolute Gasteiger partial charge is 0.309 e. The van der Waals surface area contributed by atoms with Gasteiger partial charge >= 0.3 is 6.18 Å². The van der Waals surface area contributed by atoms with Gasteiger partial charge in [-0.15, -0.1) is 0 Å². The summed E-state index contributed by atoms with van der Waals surface area (Å²) in [5.74, 6) is 1.38. The van der Waals surface area contributed by atoms with E-state index >= 15 is 0 Å². The molecule has 8 aromatic carbocycles. The second-order valence-electron chi connectivity index (χ2n) is 14.8. The number of alkyl halides is 3. The van der Waals surface area contributed by atoms with Crippen LogP contribution in [0.1, 0.15) is 5.56 Å². The van der Waals surface area contributed by atoms with Gasteiger partial charge in [-0.1, -0.05) is 127 Å². The van der Waals surface area contributed by atoms with Crippen LogP contribution in [-0.2, 0) is 6.18 Å². The summed E-state index contributed by atoms with van der Waals surface area (Å²) < 4.78 is 47.7. The normalized spacial score (nSPS) is 11.9. The molecule has 0 fully saturated rings. The highest BCUT2D eigenvalue weighted by atomic mass is 19.4. The number of benzene rings is 8. The molecule has 0 aliphatic heterocycles. The van der Waals surface area contributed by atoms with Crippen LogP contribution in [-0.4, -0.2) is 24.1 Å². The van der Waals surface area contributed by atoms with Crippen LogP contribution in [0.2, 0.25) is 0 Å². The van der Waals surface area contributed by atoms with E-state index in [2.05, 4.69) is 69.8 Å². The van der Waals surface area contributed by atoms with E-state index in [0.29, 0.717) is 34.2 Å². The molecule has 286 valence electrons. The monoisotopic (exact) mass is 783 g/mol. The van der Waals surface area contributed by atoms with Crippen LogP contribution in [0.15, 0.2) is 194 Å². The molecular weight excluding hydrogens is 752 g/mol. The maximum Gasteiger partial charge on any atom is 0.416 e. The van der Waals surface area contributed by atoms with Crippen LogP contribution in [0.3, 0.4) is 0 Å². The van der Waals surface area contributed by atoms with E-state index in [1.807, 2.05) is 109 Å². The molecule has 0 aliphatic rings. The van der Waals surface area contributed by atoms with Crippen molar-refractivity contribution < 1.29 is 13.2 Å². The molecule has 11 aromatic rings. The molecule has 0 spiro atoms. The minimum Gasteiger partial charge on any atom is -0.309 e. The fourth-order valence-electron chi connectivity index (χ4n) is 8.45. The lowest BCUT2D eigenvalue weighted by Gasteiger charge is -2.17. The van der Waals surface area contributed by atoms with Crippen molar-refractivity contribution in [3.8, 4) is 56.7 Å². The van der Waals surface area contributed by atoms with E-state index in [1.54, 1.807) is 6.07 Å². The van der Waals surface area contributed by atoms with Crippen molar-refractivity contribution in [3.63, 3.8) is 0 Å². The molecule has 0 radical (unpaired) electrons. The van der Waals surface area contributed by atoms with Gasteiger partial charge in [0.15, 0.2) is 17.5 Å². The highest BCUT2D eigenvalue weighted by molar-refractivity contribution is 6.19. The van der Waals surface area contributed by atoms with Crippen molar-refractivity contribution in [2.24, 2.45) is 0 Å². The van der Waals surface area contributed by atoms with Crippen LogP contribution in [0.25, 0.3) is 100 Å². The molecule has 8 heteroatoms. The van der Waals surface area contributed by atoms with Crippen molar-refractivity contribution in [2.45, 2.75) is 6.18 Å². The zero-order valence-electron chi connectivity index (χ0n) is 31.8. The third-order valence-corrected chi connectivity index (χ3v) is 11.2. The molecule has 0 saturated carbocycles. The highest BCUT2D eigenvalue weighted by Crippen LogP contribution is 2.43. The predicted octanol–water partition coefficient (Wildman–Crippen LogP) is 13.8. The summed E-state index contributed by atoms with van der Waals surface area (Å²) >= 11 is 0. The van der Waals surface area contributed by atoms with E-state index in [1.165, 1.54) is 12.1 Å². The van der Waals surface area contributed by atoms with Gasteiger partial charge < -0.3 is 9.13 Å². The van der Waals surface area contributed by atoms with Gasteiger partial charge in [0, 0.05) is 49.5 Å². The summed E-state index contributed by atoms with van der Waals surface area (Å²) in [6.45, 7) is 0. The molecule has 0 amide bonds. The molecule has 0 bridgehead atoms. The fraction of sp³-hybridized carbons (Fsp3) is 0.0192. The zero-order valence-corrected chi connectivity index (χ0v) is 31.8. The van der Waals surface area contributed by atoms with Gasteiger partial charge in [-0.3, -0.25) is 0 Å². The minimum absolute atomic E-state index is 0.403. The van der Waals surface area contributed by atoms with Crippen LogP contribution in [0.5, 0.6) is 0 Å². The lowest BCUT2D eigenvalue weighted by Crippen LogP contribution is -2.05. The topological polar surface area (TPSA) is 48.5 Å². The summed E-state index contributed by atoms with van der Waals surface area (Å²) in [6.07, 6.45) is -4.54.